The van der Waals surface area contributed by atoms with Gasteiger partial charge in [-0.25, -0.2) is 4.98 Å². The lowest BCUT2D eigenvalue weighted by Gasteiger charge is -2.15. The largest absolute Gasteiger partial charge is 0.336 e. The molecule has 2 rings (SSSR count). The number of aromatic nitrogens is 1. The Morgan fingerprint density at radius 2 is 2.29 bits per heavy atom. The standard InChI is InChI=1S/C12H11BrN2OS/c1-15(7-9-5-6-17-8-9)12(16)10-3-2-4-11(13)14-10/h2-6,8H,7H2,1H3. The highest BCUT2D eigenvalue weighted by molar-refractivity contribution is 9.10. The zero-order valence-electron chi connectivity index (χ0n) is 9.26. The summed E-state index contributed by atoms with van der Waals surface area (Å²) in [6.07, 6.45) is 0. The summed E-state index contributed by atoms with van der Waals surface area (Å²) < 4.78 is 0.673. The van der Waals surface area contributed by atoms with E-state index in [1.165, 1.54) is 0 Å². The lowest BCUT2D eigenvalue weighted by atomic mass is 10.3. The summed E-state index contributed by atoms with van der Waals surface area (Å²) in [5.74, 6) is -0.0718. The Morgan fingerprint density at radius 3 is 2.94 bits per heavy atom. The molecule has 2 aromatic heterocycles. The Kier molecular flexibility index (Phi) is 3.91. The zero-order chi connectivity index (χ0) is 12.3. The molecular formula is C12H11BrN2OS. The average Bonchev–Trinajstić information content (AvgIpc) is 2.80. The van der Waals surface area contributed by atoms with Gasteiger partial charge in [0, 0.05) is 13.6 Å². The molecule has 5 heteroatoms. The van der Waals surface area contributed by atoms with E-state index in [0.717, 1.165) is 5.56 Å². The molecule has 1 amide bonds. The second kappa shape index (κ2) is 5.42. The Morgan fingerprint density at radius 1 is 1.47 bits per heavy atom. The van der Waals surface area contributed by atoms with Crippen molar-refractivity contribution in [2.45, 2.75) is 6.54 Å². The van der Waals surface area contributed by atoms with Crippen LogP contribution in [-0.2, 0) is 6.54 Å². The molecule has 0 aromatic carbocycles. The maximum Gasteiger partial charge on any atom is 0.272 e. The number of pyridine rings is 1. The van der Waals surface area contributed by atoms with Gasteiger partial charge in [0.2, 0.25) is 0 Å². The van der Waals surface area contributed by atoms with Crippen LogP contribution in [0.4, 0.5) is 0 Å². The summed E-state index contributed by atoms with van der Waals surface area (Å²) in [6, 6.07) is 7.35. The van der Waals surface area contributed by atoms with Gasteiger partial charge in [-0.15, -0.1) is 0 Å². The minimum absolute atomic E-state index is 0.0718. The monoisotopic (exact) mass is 310 g/mol. The number of amides is 1. The molecule has 0 saturated carbocycles. The normalized spacial score (nSPS) is 10.2. The molecule has 0 saturated heterocycles. The fourth-order valence-electron chi connectivity index (χ4n) is 1.45. The van der Waals surface area contributed by atoms with Crippen LogP contribution in [0.3, 0.4) is 0 Å². The zero-order valence-corrected chi connectivity index (χ0v) is 11.7. The van der Waals surface area contributed by atoms with E-state index in [1.54, 1.807) is 35.4 Å². The van der Waals surface area contributed by atoms with Crippen molar-refractivity contribution in [3.8, 4) is 0 Å². The van der Waals surface area contributed by atoms with Crippen molar-refractivity contribution in [2.24, 2.45) is 0 Å². The summed E-state index contributed by atoms with van der Waals surface area (Å²) in [5.41, 5.74) is 1.60. The fraction of sp³-hybridized carbons (Fsp3) is 0.167. The van der Waals surface area contributed by atoms with E-state index in [0.29, 0.717) is 16.8 Å². The van der Waals surface area contributed by atoms with E-state index < -0.39 is 0 Å². The van der Waals surface area contributed by atoms with Crippen molar-refractivity contribution in [1.29, 1.82) is 0 Å². The third-order valence-electron chi connectivity index (χ3n) is 2.28. The van der Waals surface area contributed by atoms with Crippen LogP contribution in [0.1, 0.15) is 16.1 Å². The van der Waals surface area contributed by atoms with Gasteiger partial charge in [0.25, 0.3) is 5.91 Å². The van der Waals surface area contributed by atoms with Crippen molar-refractivity contribution in [3.63, 3.8) is 0 Å². The smallest absolute Gasteiger partial charge is 0.272 e. The molecule has 0 spiro atoms. The molecule has 0 N–H and O–H groups in total. The van der Waals surface area contributed by atoms with Crippen molar-refractivity contribution >= 4 is 33.2 Å². The van der Waals surface area contributed by atoms with Gasteiger partial charge < -0.3 is 4.90 Å². The highest BCUT2D eigenvalue weighted by atomic mass is 79.9. The number of nitrogens with zero attached hydrogens (tertiary/aromatic N) is 2. The summed E-state index contributed by atoms with van der Waals surface area (Å²) in [4.78, 5) is 17.9. The quantitative estimate of drug-likeness (QED) is 0.816. The van der Waals surface area contributed by atoms with Crippen LogP contribution in [0.2, 0.25) is 0 Å². The number of rotatable bonds is 3. The lowest BCUT2D eigenvalue weighted by molar-refractivity contribution is 0.0779. The Balaban J connectivity index is 2.09. The van der Waals surface area contributed by atoms with Gasteiger partial charge in [0.15, 0.2) is 0 Å². The molecule has 17 heavy (non-hydrogen) atoms. The van der Waals surface area contributed by atoms with Gasteiger partial charge in [0.1, 0.15) is 10.3 Å². The molecule has 0 aliphatic rings. The molecular weight excluding hydrogens is 300 g/mol. The third-order valence-corrected chi connectivity index (χ3v) is 3.45. The number of hydrogen-bond donors (Lipinski definition) is 0. The predicted octanol–water partition coefficient (Wildman–Crippen LogP) is 3.18. The van der Waals surface area contributed by atoms with Crippen LogP contribution in [-0.4, -0.2) is 22.8 Å². The first-order valence-corrected chi connectivity index (χ1v) is 6.79. The Labute approximate surface area is 112 Å². The van der Waals surface area contributed by atoms with Gasteiger partial charge in [-0.1, -0.05) is 6.07 Å². The first kappa shape index (κ1) is 12.3. The van der Waals surface area contributed by atoms with E-state index in [-0.39, 0.29) is 5.91 Å². The molecule has 2 aromatic rings. The second-order valence-corrected chi connectivity index (χ2v) is 5.23. The van der Waals surface area contributed by atoms with E-state index in [4.69, 9.17) is 0 Å². The number of thiophene rings is 1. The molecule has 0 fully saturated rings. The highest BCUT2D eigenvalue weighted by Crippen LogP contribution is 2.12. The summed E-state index contributed by atoms with van der Waals surface area (Å²) in [7, 11) is 1.78. The van der Waals surface area contributed by atoms with Gasteiger partial charge in [-0.3, -0.25) is 4.79 Å². The predicted molar refractivity (Wildman–Crippen MR) is 72.1 cm³/mol. The van der Waals surface area contributed by atoms with E-state index >= 15 is 0 Å². The van der Waals surface area contributed by atoms with Gasteiger partial charge in [-0.05, 0) is 50.5 Å². The molecule has 0 radical (unpaired) electrons. The van der Waals surface area contributed by atoms with Gasteiger partial charge >= 0.3 is 0 Å². The molecule has 2 heterocycles. The van der Waals surface area contributed by atoms with Crippen molar-refractivity contribution in [2.75, 3.05) is 7.05 Å². The molecule has 0 atom stereocenters. The molecule has 0 bridgehead atoms. The third kappa shape index (κ3) is 3.14. The van der Waals surface area contributed by atoms with Crippen LogP contribution in [0.15, 0.2) is 39.6 Å². The van der Waals surface area contributed by atoms with Crippen molar-refractivity contribution in [1.82, 2.24) is 9.88 Å². The minimum atomic E-state index is -0.0718. The number of carbonyl (C=O) groups excluding carboxylic acids is 1. The topological polar surface area (TPSA) is 33.2 Å². The molecule has 3 nitrogen and oxygen atoms in total. The highest BCUT2D eigenvalue weighted by Gasteiger charge is 2.13. The Hall–Kier alpha value is -1.20. The second-order valence-electron chi connectivity index (χ2n) is 3.64. The van der Waals surface area contributed by atoms with Gasteiger partial charge in [-0.2, -0.15) is 11.3 Å². The van der Waals surface area contributed by atoms with E-state index in [1.807, 2.05) is 22.9 Å². The maximum absolute atomic E-state index is 12.1. The first-order chi connectivity index (χ1) is 8.16. The van der Waals surface area contributed by atoms with Crippen LogP contribution in [0.25, 0.3) is 0 Å². The maximum atomic E-state index is 12.1. The molecule has 0 unspecified atom stereocenters. The summed E-state index contributed by atoms with van der Waals surface area (Å²) >= 11 is 4.89. The van der Waals surface area contributed by atoms with Crippen LogP contribution in [0, 0.1) is 0 Å². The van der Waals surface area contributed by atoms with Gasteiger partial charge in [0.05, 0.1) is 0 Å². The summed E-state index contributed by atoms with van der Waals surface area (Å²) in [5, 5.41) is 4.04. The van der Waals surface area contributed by atoms with E-state index in [9.17, 15) is 4.79 Å². The number of halogens is 1. The minimum Gasteiger partial charge on any atom is -0.336 e. The van der Waals surface area contributed by atoms with E-state index in [2.05, 4.69) is 20.9 Å². The number of carbonyl (C=O) groups is 1. The molecule has 88 valence electrons. The molecule has 0 aliphatic heterocycles. The van der Waals surface area contributed by atoms with Crippen LogP contribution in [0.5, 0.6) is 0 Å². The Bertz CT molecular complexity index is 513. The van der Waals surface area contributed by atoms with Crippen molar-refractivity contribution in [3.05, 3.63) is 50.9 Å². The SMILES string of the molecule is CN(Cc1ccsc1)C(=O)c1cccc(Br)n1. The summed E-state index contributed by atoms with van der Waals surface area (Å²) in [6.45, 7) is 0.608. The number of hydrogen-bond acceptors (Lipinski definition) is 3. The fourth-order valence-corrected chi connectivity index (χ4v) is 2.45. The van der Waals surface area contributed by atoms with Crippen LogP contribution >= 0.6 is 27.3 Å². The first-order valence-electron chi connectivity index (χ1n) is 5.06. The lowest BCUT2D eigenvalue weighted by Crippen LogP contribution is -2.26. The van der Waals surface area contributed by atoms with Crippen LogP contribution < -0.4 is 0 Å². The molecule has 0 aliphatic carbocycles. The average molecular weight is 311 g/mol. The van der Waals surface area contributed by atoms with Crippen molar-refractivity contribution < 1.29 is 4.79 Å².